The molecule has 30 heavy (non-hydrogen) atoms. The minimum absolute atomic E-state index is 0.0592. The van der Waals surface area contributed by atoms with Crippen LogP contribution >= 0.6 is 0 Å². The molecule has 7 nitrogen and oxygen atoms in total. The number of likely N-dealkylation sites (tertiary alicyclic amines) is 1. The van der Waals surface area contributed by atoms with Crippen LogP contribution in [-0.2, 0) is 6.42 Å². The fourth-order valence-corrected chi connectivity index (χ4v) is 3.90. The van der Waals surface area contributed by atoms with Crippen molar-refractivity contribution < 1.29 is 14.7 Å². The number of carboxylic acid groups (broad SMARTS) is 1. The second kappa shape index (κ2) is 8.90. The highest BCUT2D eigenvalue weighted by atomic mass is 16.4. The SMILES string of the molecule is O=C(O)NCCc1ccc(NC2CCN(C(=O)c3cc4ccccc4[nH]3)CC2)cc1. The molecule has 0 unspecified atom stereocenters. The predicted molar refractivity (Wildman–Crippen MR) is 117 cm³/mol. The summed E-state index contributed by atoms with van der Waals surface area (Å²) >= 11 is 0. The largest absolute Gasteiger partial charge is 0.465 e. The molecule has 156 valence electrons. The molecule has 1 aliphatic heterocycles. The Hall–Kier alpha value is -3.48. The van der Waals surface area contributed by atoms with Crippen LogP contribution in [0.2, 0.25) is 0 Å². The minimum Gasteiger partial charge on any atom is -0.465 e. The fourth-order valence-electron chi connectivity index (χ4n) is 3.90. The average molecular weight is 406 g/mol. The highest BCUT2D eigenvalue weighted by Crippen LogP contribution is 2.21. The van der Waals surface area contributed by atoms with Crippen molar-refractivity contribution >= 4 is 28.6 Å². The molecule has 0 radical (unpaired) electrons. The van der Waals surface area contributed by atoms with Gasteiger partial charge in [0, 0.05) is 42.3 Å². The third-order valence-corrected chi connectivity index (χ3v) is 5.56. The number of carbonyl (C=O) groups is 2. The van der Waals surface area contributed by atoms with Crippen molar-refractivity contribution in [3.63, 3.8) is 0 Å². The number of piperidine rings is 1. The van der Waals surface area contributed by atoms with E-state index < -0.39 is 6.09 Å². The first-order chi connectivity index (χ1) is 14.6. The maximum absolute atomic E-state index is 12.8. The lowest BCUT2D eigenvalue weighted by Gasteiger charge is -2.32. The Kier molecular flexibility index (Phi) is 5.88. The highest BCUT2D eigenvalue weighted by molar-refractivity contribution is 5.98. The molecule has 2 heterocycles. The van der Waals surface area contributed by atoms with E-state index in [0.29, 0.717) is 24.7 Å². The smallest absolute Gasteiger partial charge is 0.404 e. The van der Waals surface area contributed by atoms with Crippen molar-refractivity contribution in [3.05, 3.63) is 65.9 Å². The van der Waals surface area contributed by atoms with Gasteiger partial charge in [-0.05, 0) is 49.1 Å². The van der Waals surface area contributed by atoms with E-state index in [4.69, 9.17) is 5.11 Å². The van der Waals surface area contributed by atoms with Crippen LogP contribution in [0.1, 0.15) is 28.9 Å². The number of benzene rings is 2. The maximum Gasteiger partial charge on any atom is 0.404 e. The number of hydrogen-bond acceptors (Lipinski definition) is 3. The Balaban J connectivity index is 1.27. The Morgan fingerprint density at radius 2 is 1.80 bits per heavy atom. The van der Waals surface area contributed by atoms with Crippen molar-refractivity contribution in [1.29, 1.82) is 0 Å². The maximum atomic E-state index is 12.8. The first-order valence-corrected chi connectivity index (χ1v) is 10.3. The van der Waals surface area contributed by atoms with Crippen molar-refractivity contribution in [1.82, 2.24) is 15.2 Å². The number of H-pyrrole nitrogens is 1. The predicted octanol–water partition coefficient (Wildman–Crippen LogP) is 3.69. The molecule has 0 aliphatic carbocycles. The lowest BCUT2D eigenvalue weighted by molar-refractivity contribution is 0.0713. The number of aromatic nitrogens is 1. The van der Waals surface area contributed by atoms with Gasteiger partial charge in [-0.25, -0.2) is 4.79 Å². The second-order valence-electron chi connectivity index (χ2n) is 7.66. The van der Waals surface area contributed by atoms with Gasteiger partial charge in [-0.1, -0.05) is 30.3 Å². The van der Waals surface area contributed by atoms with Crippen LogP contribution in [-0.4, -0.2) is 52.7 Å². The zero-order chi connectivity index (χ0) is 20.9. The van der Waals surface area contributed by atoms with Gasteiger partial charge in [0.05, 0.1) is 0 Å². The summed E-state index contributed by atoms with van der Waals surface area (Å²) in [5, 5.41) is 15.6. The standard InChI is InChI=1S/C23H26N4O3/c28-22(21-15-17-3-1-2-4-20(17)26-21)27-13-10-19(11-14-27)25-18-7-5-16(6-8-18)9-12-24-23(29)30/h1-8,15,19,24-26H,9-14H2,(H,29,30). The molecule has 4 rings (SSSR count). The van der Waals surface area contributed by atoms with Gasteiger partial charge in [0.2, 0.25) is 0 Å². The van der Waals surface area contributed by atoms with E-state index in [1.54, 1.807) is 0 Å². The van der Waals surface area contributed by atoms with Crippen LogP contribution in [0.15, 0.2) is 54.6 Å². The highest BCUT2D eigenvalue weighted by Gasteiger charge is 2.24. The Labute approximate surface area is 175 Å². The van der Waals surface area contributed by atoms with Gasteiger partial charge in [-0.15, -0.1) is 0 Å². The van der Waals surface area contributed by atoms with Crippen LogP contribution in [0.4, 0.5) is 10.5 Å². The number of fused-ring (bicyclic) bond motifs is 1. The number of aromatic amines is 1. The van der Waals surface area contributed by atoms with Gasteiger partial charge >= 0.3 is 6.09 Å². The molecule has 1 saturated heterocycles. The van der Waals surface area contributed by atoms with E-state index in [1.807, 2.05) is 59.5 Å². The van der Waals surface area contributed by atoms with E-state index in [0.717, 1.165) is 48.1 Å². The summed E-state index contributed by atoms with van der Waals surface area (Å²) in [6.07, 6.45) is 1.47. The van der Waals surface area contributed by atoms with Crippen molar-refractivity contribution in [2.45, 2.75) is 25.3 Å². The third kappa shape index (κ3) is 4.74. The first-order valence-electron chi connectivity index (χ1n) is 10.3. The van der Waals surface area contributed by atoms with Crippen LogP contribution in [0, 0.1) is 0 Å². The van der Waals surface area contributed by atoms with Gasteiger partial charge in [0.15, 0.2) is 0 Å². The molecule has 1 aliphatic rings. The quantitative estimate of drug-likeness (QED) is 0.502. The number of amides is 2. The summed E-state index contributed by atoms with van der Waals surface area (Å²) in [5.74, 6) is 0.0592. The van der Waals surface area contributed by atoms with E-state index in [-0.39, 0.29) is 5.91 Å². The molecular formula is C23H26N4O3. The number of hydrogen-bond donors (Lipinski definition) is 4. The van der Waals surface area contributed by atoms with E-state index in [1.165, 1.54) is 0 Å². The van der Waals surface area contributed by atoms with Crippen LogP contribution < -0.4 is 10.6 Å². The Morgan fingerprint density at radius 1 is 1.07 bits per heavy atom. The zero-order valence-corrected chi connectivity index (χ0v) is 16.7. The molecule has 1 fully saturated rings. The van der Waals surface area contributed by atoms with Crippen molar-refractivity contribution in [3.8, 4) is 0 Å². The van der Waals surface area contributed by atoms with Crippen LogP contribution in [0.3, 0.4) is 0 Å². The number of anilines is 1. The number of rotatable bonds is 6. The number of carbonyl (C=O) groups excluding carboxylic acids is 1. The van der Waals surface area contributed by atoms with Gasteiger partial charge in [0.25, 0.3) is 5.91 Å². The molecule has 0 spiro atoms. The lowest BCUT2D eigenvalue weighted by Crippen LogP contribution is -2.42. The van der Waals surface area contributed by atoms with Crippen molar-refractivity contribution in [2.75, 3.05) is 25.0 Å². The zero-order valence-electron chi connectivity index (χ0n) is 16.7. The molecule has 4 N–H and O–H groups in total. The number of nitrogens with zero attached hydrogens (tertiary/aromatic N) is 1. The summed E-state index contributed by atoms with van der Waals surface area (Å²) in [4.78, 5) is 28.5. The Morgan fingerprint density at radius 3 is 2.50 bits per heavy atom. The van der Waals surface area contributed by atoms with Crippen LogP contribution in [0.25, 0.3) is 10.9 Å². The number of para-hydroxylation sites is 1. The lowest BCUT2D eigenvalue weighted by atomic mass is 10.0. The third-order valence-electron chi connectivity index (χ3n) is 5.56. The summed E-state index contributed by atoms with van der Waals surface area (Å²) in [7, 11) is 0. The van der Waals surface area contributed by atoms with E-state index >= 15 is 0 Å². The van der Waals surface area contributed by atoms with Gasteiger partial charge < -0.3 is 25.6 Å². The average Bonchev–Trinajstić information content (AvgIpc) is 3.19. The molecule has 0 bridgehead atoms. The molecule has 3 aromatic rings. The molecule has 0 saturated carbocycles. The molecular weight excluding hydrogens is 380 g/mol. The minimum atomic E-state index is -0.998. The van der Waals surface area contributed by atoms with E-state index in [2.05, 4.69) is 15.6 Å². The fraction of sp³-hybridized carbons (Fsp3) is 0.304. The molecule has 1 aromatic heterocycles. The number of nitrogens with one attached hydrogen (secondary N) is 3. The van der Waals surface area contributed by atoms with Gasteiger partial charge in [-0.3, -0.25) is 4.79 Å². The van der Waals surface area contributed by atoms with Gasteiger partial charge in [0.1, 0.15) is 5.69 Å². The van der Waals surface area contributed by atoms with Crippen molar-refractivity contribution in [2.24, 2.45) is 0 Å². The summed E-state index contributed by atoms with van der Waals surface area (Å²) in [6, 6.07) is 18.3. The van der Waals surface area contributed by atoms with E-state index in [9.17, 15) is 9.59 Å². The molecule has 2 aromatic carbocycles. The monoisotopic (exact) mass is 406 g/mol. The summed E-state index contributed by atoms with van der Waals surface area (Å²) in [5.41, 5.74) is 3.77. The summed E-state index contributed by atoms with van der Waals surface area (Å²) in [6.45, 7) is 1.86. The topological polar surface area (TPSA) is 97.5 Å². The molecule has 2 amide bonds. The Bertz CT molecular complexity index is 987. The van der Waals surface area contributed by atoms with Crippen LogP contribution in [0.5, 0.6) is 0 Å². The van der Waals surface area contributed by atoms with Gasteiger partial charge in [-0.2, -0.15) is 0 Å². The first kappa shape index (κ1) is 19.8. The molecule has 7 heteroatoms. The summed E-state index contributed by atoms with van der Waals surface area (Å²) < 4.78 is 0. The second-order valence-corrected chi connectivity index (χ2v) is 7.66. The normalized spacial score (nSPS) is 14.6. The molecule has 0 atom stereocenters.